The SMILES string of the molecule is COc1cc(C(=O)N2CCC(C(=O)O)CC2)cc(Cl)c1OC(C)C. The van der Waals surface area contributed by atoms with Gasteiger partial charge in [0.15, 0.2) is 11.5 Å². The Morgan fingerprint density at radius 3 is 2.42 bits per heavy atom. The van der Waals surface area contributed by atoms with Gasteiger partial charge in [0.05, 0.1) is 24.2 Å². The van der Waals surface area contributed by atoms with E-state index in [1.807, 2.05) is 13.8 Å². The number of halogens is 1. The third kappa shape index (κ3) is 4.12. The molecule has 1 fully saturated rings. The van der Waals surface area contributed by atoms with Crippen molar-refractivity contribution in [3.63, 3.8) is 0 Å². The van der Waals surface area contributed by atoms with E-state index in [1.54, 1.807) is 17.0 Å². The maximum absolute atomic E-state index is 12.7. The molecule has 1 saturated heterocycles. The first-order valence-corrected chi connectivity index (χ1v) is 8.27. The number of nitrogens with zero attached hydrogens (tertiary/aromatic N) is 1. The van der Waals surface area contributed by atoms with Crippen LogP contribution in [0.2, 0.25) is 5.02 Å². The van der Waals surface area contributed by atoms with Crippen molar-refractivity contribution in [2.75, 3.05) is 20.2 Å². The number of carbonyl (C=O) groups is 2. The van der Waals surface area contributed by atoms with E-state index in [4.69, 9.17) is 26.2 Å². The maximum atomic E-state index is 12.7. The molecule has 1 aromatic rings. The lowest BCUT2D eigenvalue weighted by atomic mass is 9.96. The minimum atomic E-state index is -0.804. The molecule has 1 N–H and O–H groups in total. The third-order valence-corrected chi connectivity index (χ3v) is 4.24. The number of hydrogen-bond donors (Lipinski definition) is 1. The Balaban J connectivity index is 2.18. The molecule has 0 saturated carbocycles. The first-order valence-electron chi connectivity index (χ1n) is 7.89. The monoisotopic (exact) mass is 355 g/mol. The smallest absolute Gasteiger partial charge is 0.306 e. The Bertz CT molecular complexity index is 624. The molecular weight excluding hydrogens is 334 g/mol. The molecule has 1 aliphatic heterocycles. The van der Waals surface area contributed by atoms with Crippen LogP contribution in [0.25, 0.3) is 0 Å². The van der Waals surface area contributed by atoms with Crippen LogP contribution in [0.15, 0.2) is 12.1 Å². The Kier molecular flexibility index (Phi) is 5.94. The van der Waals surface area contributed by atoms with Crippen LogP contribution in [0.4, 0.5) is 0 Å². The summed E-state index contributed by atoms with van der Waals surface area (Å²) in [7, 11) is 1.49. The van der Waals surface area contributed by atoms with Gasteiger partial charge in [0.2, 0.25) is 0 Å². The molecule has 132 valence electrons. The van der Waals surface area contributed by atoms with Crippen LogP contribution in [-0.4, -0.2) is 48.2 Å². The summed E-state index contributed by atoms with van der Waals surface area (Å²) in [5.41, 5.74) is 0.404. The molecular formula is C17H22ClNO5. The topological polar surface area (TPSA) is 76.1 Å². The van der Waals surface area contributed by atoms with Crippen LogP contribution in [-0.2, 0) is 4.79 Å². The molecule has 1 aromatic carbocycles. The van der Waals surface area contributed by atoms with E-state index in [2.05, 4.69) is 0 Å². The van der Waals surface area contributed by atoms with Gasteiger partial charge in [-0.1, -0.05) is 11.6 Å². The second kappa shape index (κ2) is 7.75. The van der Waals surface area contributed by atoms with Gasteiger partial charge < -0.3 is 19.5 Å². The van der Waals surface area contributed by atoms with E-state index < -0.39 is 5.97 Å². The molecule has 0 aliphatic carbocycles. The van der Waals surface area contributed by atoms with Gasteiger partial charge in [-0.15, -0.1) is 0 Å². The molecule has 0 bridgehead atoms. The van der Waals surface area contributed by atoms with Gasteiger partial charge >= 0.3 is 5.97 Å². The molecule has 2 rings (SSSR count). The maximum Gasteiger partial charge on any atom is 0.306 e. The molecule has 0 radical (unpaired) electrons. The highest BCUT2D eigenvalue weighted by atomic mass is 35.5. The van der Waals surface area contributed by atoms with Crippen LogP contribution in [0, 0.1) is 5.92 Å². The summed E-state index contributed by atoms with van der Waals surface area (Å²) in [5.74, 6) is -0.554. The third-order valence-electron chi connectivity index (χ3n) is 3.96. The van der Waals surface area contributed by atoms with E-state index in [0.29, 0.717) is 48.0 Å². The summed E-state index contributed by atoms with van der Waals surface area (Å²) < 4.78 is 10.9. The second-order valence-corrected chi connectivity index (χ2v) is 6.47. The summed E-state index contributed by atoms with van der Waals surface area (Å²) in [5, 5.41) is 9.35. The molecule has 7 heteroatoms. The quantitative estimate of drug-likeness (QED) is 0.878. The number of likely N-dealkylation sites (tertiary alicyclic amines) is 1. The molecule has 6 nitrogen and oxygen atoms in total. The van der Waals surface area contributed by atoms with Crippen molar-refractivity contribution >= 4 is 23.5 Å². The van der Waals surface area contributed by atoms with Gasteiger partial charge in [0.1, 0.15) is 0 Å². The van der Waals surface area contributed by atoms with Crippen molar-refractivity contribution in [3.8, 4) is 11.5 Å². The predicted molar refractivity (Wildman–Crippen MR) is 90.0 cm³/mol. The number of piperidine rings is 1. The van der Waals surface area contributed by atoms with Crippen molar-refractivity contribution in [2.24, 2.45) is 5.92 Å². The standard InChI is InChI=1S/C17H22ClNO5/c1-10(2)24-15-13(18)8-12(9-14(15)23-3)16(20)19-6-4-11(5-7-19)17(21)22/h8-11H,4-7H2,1-3H3,(H,21,22). The Morgan fingerprint density at radius 2 is 1.92 bits per heavy atom. The highest BCUT2D eigenvalue weighted by molar-refractivity contribution is 6.32. The number of carboxylic acids is 1. The molecule has 0 unspecified atom stereocenters. The summed E-state index contributed by atoms with van der Waals surface area (Å²) >= 11 is 6.25. The van der Waals surface area contributed by atoms with Crippen molar-refractivity contribution in [1.82, 2.24) is 4.90 Å². The molecule has 0 spiro atoms. The van der Waals surface area contributed by atoms with Gasteiger partial charge in [-0.25, -0.2) is 0 Å². The number of ether oxygens (including phenoxy) is 2. The van der Waals surface area contributed by atoms with E-state index in [-0.39, 0.29) is 17.9 Å². The van der Waals surface area contributed by atoms with Crippen molar-refractivity contribution in [1.29, 1.82) is 0 Å². The van der Waals surface area contributed by atoms with Crippen LogP contribution < -0.4 is 9.47 Å². The molecule has 0 aromatic heterocycles. The first-order chi connectivity index (χ1) is 11.3. The second-order valence-electron chi connectivity index (χ2n) is 6.06. The van der Waals surface area contributed by atoms with Gasteiger partial charge in [-0.05, 0) is 38.8 Å². The zero-order chi connectivity index (χ0) is 17.9. The number of hydrogen-bond acceptors (Lipinski definition) is 4. The van der Waals surface area contributed by atoms with E-state index in [0.717, 1.165) is 0 Å². The van der Waals surface area contributed by atoms with E-state index >= 15 is 0 Å². The molecule has 1 amide bonds. The van der Waals surface area contributed by atoms with Gasteiger partial charge in [0, 0.05) is 18.7 Å². The molecule has 1 aliphatic rings. The highest BCUT2D eigenvalue weighted by Gasteiger charge is 2.28. The van der Waals surface area contributed by atoms with E-state index in [1.165, 1.54) is 7.11 Å². The van der Waals surface area contributed by atoms with Gasteiger partial charge in [-0.2, -0.15) is 0 Å². The summed E-state index contributed by atoms with van der Waals surface area (Å²) in [6.45, 7) is 4.59. The predicted octanol–water partition coefficient (Wildman–Crippen LogP) is 3.07. The summed E-state index contributed by atoms with van der Waals surface area (Å²) in [6, 6.07) is 3.17. The van der Waals surface area contributed by atoms with Crippen molar-refractivity contribution in [3.05, 3.63) is 22.7 Å². The fraction of sp³-hybridized carbons (Fsp3) is 0.529. The average molecular weight is 356 g/mol. The zero-order valence-electron chi connectivity index (χ0n) is 14.0. The van der Waals surface area contributed by atoms with E-state index in [9.17, 15) is 9.59 Å². The van der Waals surface area contributed by atoms with Crippen molar-refractivity contribution in [2.45, 2.75) is 32.8 Å². The fourth-order valence-corrected chi connectivity index (χ4v) is 2.96. The van der Waals surface area contributed by atoms with Crippen LogP contribution in [0.5, 0.6) is 11.5 Å². The Labute approximate surface area is 146 Å². The zero-order valence-corrected chi connectivity index (χ0v) is 14.8. The normalized spacial score (nSPS) is 15.5. The molecule has 24 heavy (non-hydrogen) atoms. The number of aliphatic carboxylic acids is 1. The Morgan fingerprint density at radius 1 is 1.29 bits per heavy atom. The summed E-state index contributed by atoms with van der Waals surface area (Å²) in [4.78, 5) is 25.3. The lowest BCUT2D eigenvalue weighted by Crippen LogP contribution is -2.40. The summed E-state index contributed by atoms with van der Waals surface area (Å²) in [6.07, 6.45) is 0.842. The average Bonchev–Trinajstić information content (AvgIpc) is 2.55. The van der Waals surface area contributed by atoms with Crippen LogP contribution >= 0.6 is 11.6 Å². The molecule has 1 heterocycles. The lowest BCUT2D eigenvalue weighted by Gasteiger charge is -2.30. The minimum absolute atomic E-state index is 0.0759. The molecule has 0 atom stereocenters. The highest BCUT2D eigenvalue weighted by Crippen LogP contribution is 2.37. The minimum Gasteiger partial charge on any atom is -0.493 e. The number of carbonyl (C=O) groups excluding carboxylic acids is 1. The number of carboxylic acid groups (broad SMARTS) is 1. The van der Waals surface area contributed by atoms with Crippen LogP contribution in [0.3, 0.4) is 0 Å². The van der Waals surface area contributed by atoms with Gasteiger partial charge in [0.25, 0.3) is 5.91 Å². The first kappa shape index (κ1) is 18.4. The Hall–Kier alpha value is -1.95. The lowest BCUT2D eigenvalue weighted by molar-refractivity contribution is -0.143. The van der Waals surface area contributed by atoms with Crippen LogP contribution in [0.1, 0.15) is 37.0 Å². The van der Waals surface area contributed by atoms with Gasteiger partial charge in [-0.3, -0.25) is 9.59 Å². The fourth-order valence-electron chi connectivity index (χ4n) is 2.71. The van der Waals surface area contributed by atoms with Crippen molar-refractivity contribution < 1.29 is 24.2 Å². The number of methoxy groups -OCH3 is 1. The number of rotatable bonds is 5. The largest absolute Gasteiger partial charge is 0.493 e. The number of benzene rings is 1. The number of amides is 1.